The predicted molar refractivity (Wildman–Crippen MR) is 71.4 cm³/mol. The maximum absolute atomic E-state index is 6.11. The van der Waals surface area contributed by atoms with Crippen LogP contribution in [0.15, 0.2) is 24.3 Å². The number of benzene rings is 1. The summed E-state index contributed by atoms with van der Waals surface area (Å²) in [5.41, 5.74) is 1.19. The van der Waals surface area contributed by atoms with E-state index in [9.17, 15) is 0 Å². The minimum atomic E-state index is 0.104. The minimum absolute atomic E-state index is 0.104. The van der Waals surface area contributed by atoms with Crippen LogP contribution in [-0.4, -0.2) is 18.2 Å². The van der Waals surface area contributed by atoms with Gasteiger partial charge in [0.2, 0.25) is 0 Å². The zero-order valence-corrected chi connectivity index (χ0v) is 11.4. The summed E-state index contributed by atoms with van der Waals surface area (Å²) in [5, 5.41) is 4.35. The van der Waals surface area contributed by atoms with E-state index < -0.39 is 0 Å². The first-order chi connectivity index (χ1) is 8.06. The molecular formula is C14H20ClNO. The second-order valence-corrected chi connectivity index (χ2v) is 5.45. The normalized spacial score (nSPS) is 34.4. The van der Waals surface area contributed by atoms with Gasteiger partial charge in [-0.2, -0.15) is 0 Å². The number of ether oxygens (including phenoxy) is 1. The van der Waals surface area contributed by atoms with Crippen molar-refractivity contribution in [3.63, 3.8) is 0 Å². The lowest BCUT2D eigenvalue weighted by atomic mass is 10.0. The van der Waals surface area contributed by atoms with Crippen LogP contribution in [0, 0.1) is 0 Å². The average Bonchev–Trinajstić information content (AvgIpc) is 2.38. The van der Waals surface area contributed by atoms with Gasteiger partial charge in [-0.25, -0.2) is 0 Å². The van der Waals surface area contributed by atoms with Crippen LogP contribution in [0.4, 0.5) is 0 Å². The molecule has 1 saturated heterocycles. The van der Waals surface area contributed by atoms with Crippen molar-refractivity contribution in [2.24, 2.45) is 0 Å². The van der Waals surface area contributed by atoms with Crippen molar-refractivity contribution in [2.75, 3.05) is 0 Å². The molecule has 0 saturated carbocycles. The van der Waals surface area contributed by atoms with Gasteiger partial charge in [-0.15, -0.1) is 0 Å². The Kier molecular flexibility index (Phi) is 4.08. The van der Waals surface area contributed by atoms with Crippen molar-refractivity contribution in [2.45, 2.75) is 51.5 Å². The van der Waals surface area contributed by atoms with E-state index in [0.29, 0.717) is 12.1 Å². The SMILES string of the molecule is CC1CC(C)OC(c2ccc(Cl)cc2)C(C)N1. The number of hydrogen-bond donors (Lipinski definition) is 1. The second-order valence-electron chi connectivity index (χ2n) is 5.01. The fourth-order valence-corrected chi connectivity index (χ4v) is 2.67. The Morgan fingerprint density at radius 3 is 2.47 bits per heavy atom. The van der Waals surface area contributed by atoms with Gasteiger partial charge in [0, 0.05) is 17.1 Å². The number of nitrogens with one attached hydrogen (secondary N) is 1. The van der Waals surface area contributed by atoms with Gasteiger partial charge in [-0.3, -0.25) is 0 Å². The predicted octanol–water partition coefficient (Wildman–Crippen LogP) is 3.56. The van der Waals surface area contributed by atoms with Crippen molar-refractivity contribution in [3.8, 4) is 0 Å². The fourth-order valence-electron chi connectivity index (χ4n) is 2.55. The Morgan fingerprint density at radius 1 is 1.18 bits per heavy atom. The highest BCUT2D eigenvalue weighted by Crippen LogP contribution is 2.28. The monoisotopic (exact) mass is 253 g/mol. The molecule has 0 amide bonds. The first-order valence-corrected chi connectivity index (χ1v) is 6.61. The Balaban J connectivity index is 2.20. The zero-order chi connectivity index (χ0) is 12.4. The first-order valence-electron chi connectivity index (χ1n) is 6.23. The van der Waals surface area contributed by atoms with E-state index in [2.05, 4.69) is 26.1 Å². The highest BCUT2D eigenvalue weighted by Gasteiger charge is 2.27. The van der Waals surface area contributed by atoms with Crippen LogP contribution < -0.4 is 5.32 Å². The van der Waals surface area contributed by atoms with Gasteiger partial charge < -0.3 is 10.1 Å². The Hall–Kier alpha value is -0.570. The van der Waals surface area contributed by atoms with Gasteiger partial charge in [0.15, 0.2) is 0 Å². The van der Waals surface area contributed by atoms with Crippen LogP contribution in [-0.2, 0) is 4.74 Å². The number of hydrogen-bond acceptors (Lipinski definition) is 2. The molecule has 1 aromatic carbocycles. The third-order valence-electron chi connectivity index (χ3n) is 3.26. The van der Waals surface area contributed by atoms with Crippen molar-refractivity contribution in [3.05, 3.63) is 34.9 Å². The molecule has 0 spiro atoms. The van der Waals surface area contributed by atoms with E-state index in [0.717, 1.165) is 11.4 Å². The minimum Gasteiger partial charge on any atom is -0.369 e. The fraction of sp³-hybridized carbons (Fsp3) is 0.571. The maximum Gasteiger partial charge on any atom is 0.0978 e. The lowest BCUT2D eigenvalue weighted by Crippen LogP contribution is -2.36. The first kappa shape index (κ1) is 12.9. The molecule has 3 heteroatoms. The summed E-state index contributed by atoms with van der Waals surface area (Å²) in [7, 11) is 0. The highest BCUT2D eigenvalue weighted by atomic mass is 35.5. The smallest absolute Gasteiger partial charge is 0.0978 e. The summed E-state index contributed by atoms with van der Waals surface area (Å²) in [4.78, 5) is 0. The molecule has 1 aromatic rings. The van der Waals surface area contributed by atoms with Crippen molar-refractivity contribution < 1.29 is 4.74 Å². The molecule has 4 atom stereocenters. The van der Waals surface area contributed by atoms with Gasteiger partial charge in [0.05, 0.1) is 12.2 Å². The largest absolute Gasteiger partial charge is 0.369 e. The molecule has 0 aromatic heterocycles. The molecule has 1 aliphatic heterocycles. The van der Waals surface area contributed by atoms with Gasteiger partial charge in [-0.05, 0) is 44.9 Å². The Bertz CT molecular complexity index is 365. The van der Waals surface area contributed by atoms with E-state index in [1.54, 1.807) is 0 Å². The van der Waals surface area contributed by atoms with Gasteiger partial charge >= 0.3 is 0 Å². The lowest BCUT2D eigenvalue weighted by molar-refractivity contribution is -0.00781. The second kappa shape index (κ2) is 5.38. The molecule has 1 N–H and O–H groups in total. The van der Waals surface area contributed by atoms with Crippen molar-refractivity contribution in [1.29, 1.82) is 0 Å². The molecule has 2 nitrogen and oxygen atoms in total. The number of rotatable bonds is 1. The molecule has 1 heterocycles. The van der Waals surface area contributed by atoms with E-state index in [1.807, 2.05) is 24.3 Å². The molecule has 4 unspecified atom stereocenters. The van der Waals surface area contributed by atoms with Crippen LogP contribution in [0.5, 0.6) is 0 Å². The van der Waals surface area contributed by atoms with Crippen molar-refractivity contribution >= 4 is 11.6 Å². The average molecular weight is 254 g/mol. The van der Waals surface area contributed by atoms with E-state index in [4.69, 9.17) is 16.3 Å². The van der Waals surface area contributed by atoms with Crippen LogP contribution in [0.3, 0.4) is 0 Å². The molecule has 17 heavy (non-hydrogen) atoms. The summed E-state index contributed by atoms with van der Waals surface area (Å²) in [6.07, 6.45) is 1.43. The third-order valence-corrected chi connectivity index (χ3v) is 3.52. The number of halogens is 1. The maximum atomic E-state index is 6.11. The summed E-state index contributed by atoms with van der Waals surface area (Å²) >= 11 is 5.91. The quantitative estimate of drug-likeness (QED) is 0.826. The van der Waals surface area contributed by atoms with E-state index in [1.165, 1.54) is 5.56 Å². The highest BCUT2D eigenvalue weighted by molar-refractivity contribution is 6.30. The van der Waals surface area contributed by atoms with E-state index in [-0.39, 0.29) is 12.2 Å². The molecule has 0 aliphatic carbocycles. The topological polar surface area (TPSA) is 21.3 Å². The molecule has 1 aliphatic rings. The molecule has 94 valence electrons. The molecular weight excluding hydrogens is 234 g/mol. The molecule has 1 fully saturated rings. The Labute approximate surface area is 108 Å². The van der Waals surface area contributed by atoms with Gasteiger partial charge in [-0.1, -0.05) is 23.7 Å². The lowest BCUT2D eigenvalue weighted by Gasteiger charge is -2.24. The molecule has 0 bridgehead atoms. The van der Waals surface area contributed by atoms with Gasteiger partial charge in [0.1, 0.15) is 0 Å². The zero-order valence-electron chi connectivity index (χ0n) is 10.6. The van der Waals surface area contributed by atoms with Crippen molar-refractivity contribution in [1.82, 2.24) is 5.32 Å². The standard InChI is InChI=1S/C14H20ClNO/c1-9-8-10(2)17-14(11(3)16-9)12-4-6-13(15)7-5-12/h4-7,9-11,14,16H,8H2,1-3H3. The van der Waals surface area contributed by atoms with Gasteiger partial charge in [0.25, 0.3) is 0 Å². The van der Waals surface area contributed by atoms with E-state index >= 15 is 0 Å². The van der Waals surface area contributed by atoms with Crippen LogP contribution in [0.25, 0.3) is 0 Å². The summed E-state index contributed by atoms with van der Waals surface area (Å²) in [6.45, 7) is 6.52. The Morgan fingerprint density at radius 2 is 1.82 bits per heavy atom. The summed E-state index contributed by atoms with van der Waals surface area (Å²) in [5.74, 6) is 0. The molecule has 2 rings (SSSR count). The summed E-state index contributed by atoms with van der Waals surface area (Å²) in [6, 6.07) is 8.76. The van der Waals surface area contributed by atoms with Crippen LogP contribution >= 0.6 is 11.6 Å². The van der Waals surface area contributed by atoms with Crippen LogP contribution in [0.1, 0.15) is 38.9 Å². The third kappa shape index (κ3) is 3.21. The summed E-state index contributed by atoms with van der Waals surface area (Å²) < 4.78 is 6.11. The molecule has 0 radical (unpaired) electrons. The van der Waals surface area contributed by atoms with Crippen LogP contribution in [0.2, 0.25) is 5.02 Å².